The number of allylic oxidation sites excluding steroid dienone is 1. The van der Waals surface area contributed by atoms with Gasteiger partial charge in [-0.1, -0.05) is 50.3 Å². The highest BCUT2D eigenvalue weighted by molar-refractivity contribution is 5.39. The lowest BCUT2D eigenvalue weighted by atomic mass is 9.99. The third-order valence-corrected chi connectivity index (χ3v) is 3.09. The van der Waals surface area contributed by atoms with Gasteiger partial charge in [-0.15, -0.1) is 0 Å². The van der Waals surface area contributed by atoms with Crippen LogP contribution in [0, 0.1) is 5.41 Å². The van der Waals surface area contributed by atoms with Gasteiger partial charge in [-0.3, -0.25) is 0 Å². The second kappa shape index (κ2) is 3.82. The van der Waals surface area contributed by atoms with Crippen molar-refractivity contribution in [2.45, 2.75) is 32.8 Å². The molecule has 0 fully saturated rings. The monoisotopic (exact) mass is 202 g/mol. The Kier molecular flexibility index (Phi) is 2.66. The average Bonchev–Trinajstić information content (AvgIpc) is 2.86. The van der Waals surface area contributed by atoms with Gasteiger partial charge in [0.15, 0.2) is 0 Å². The average molecular weight is 202 g/mol. The molecule has 1 aliphatic rings. The molecule has 15 heavy (non-hydrogen) atoms. The van der Waals surface area contributed by atoms with Gasteiger partial charge in [-0.25, -0.2) is 0 Å². The minimum atomic E-state index is -0.250. The number of aliphatic hydroxyl groups is 1. The highest BCUT2D eigenvalue weighted by Crippen LogP contribution is 2.45. The van der Waals surface area contributed by atoms with Crippen molar-refractivity contribution < 1.29 is 5.11 Å². The van der Waals surface area contributed by atoms with Crippen molar-refractivity contribution >= 4 is 0 Å². The van der Waals surface area contributed by atoms with Crippen LogP contribution in [-0.4, -0.2) is 11.2 Å². The van der Waals surface area contributed by atoms with Gasteiger partial charge in [0.2, 0.25) is 0 Å². The molecule has 1 aromatic rings. The van der Waals surface area contributed by atoms with E-state index in [0.717, 1.165) is 12.8 Å². The molecule has 0 aromatic heterocycles. The van der Waals surface area contributed by atoms with Crippen LogP contribution >= 0.6 is 0 Å². The lowest BCUT2D eigenvalue weighted by molar-refractivity contribution is 0.196. The fourth-order valence-corrected chi connectivity index (χ4v) is 1.98. The number of benzene rings is 1. The third-order valence-electron chi connectivity index (χ3n) is 3.09. The number of aryl methyl sites for hydroxylation is 1. The summed E-state index contributed by atoms with van der Waals surface area (Å²) in [5.41, 5.74) is 2.69. The molecule has 1 N–H and O–H groups in total. The van der Waals surface area contributed by atoms with E-state index in [4.69, 9.17) is 0 Å². The molecule has 0 saturated heterocycles. The van der Waals surface area contributed by atoms with E-state index in [0.29, 0.717) is 0 Å². The molecule has 0 spiro atoms. The summed E-state index contributed by atoms with van der Waals surface area (Å²) in [6.07, 6.45) is 3.69. The maximum absolute atomic E-state index is 9.92. The number of rotatable bonds is 4. The van der Waals surface area contributed by atoms with Gasteiger partial charge in [0.25, 0.3) is 0 Å². The molecule has 0 aliphatic heterocycles. The molecule has 2 rings (SSSR count). The van der Waals surface area contributed by atoms with E-state index < -0.39 is 0 Å². The van der Waals surface area contributed by atoms with Crippen LogP contribution in [0.1, 0.15) is 25.8 Å². The maximum atomic E-state index is 9.92. The summed E-state index contributed by atoms with van der Waals surface area (Å²) in [6.45, 7) is 4.29. The Hall–Kier alpha value is -1.08. The van der Waals surface area contributed by atoms with E-state index in [2.05, 4.69) is 32.1 Å². The van der Waals surface area contributed by atoms with E-state index >= 15 is 0 Å². The molecule has 80 valence electrons. The van der Waals surface area contributed by atoms with E-state index in [9.17, 15) is 5.11 Å². The van der Waals surface area contributed by atoms with Crippen LogP contribution in [0.2, 0.25) is 0 Å². The number of hydrogen-bond donors (Lipinski definition) is 1. The van der Waals surface area contributed by atoms with Crippen molar-refractivity contribution in [2.24, 2.45) is 5.41 Å². The molecule has 0 amide bonds. The largest absolute Gasteiger partial charge is 0.389 e. The van der Waals surface area contributed by atoms with E-state index in [1.165, 1.54) is 11.1 Å². The molecule has 1 unspecified atom stereocenters. The molecule has 1 aromatic carbocycles. The molecule has 1 heteroatoms. The van der Waals surface area contributed by atoms with Crippen LogP contribution in [0.4, 0.5) is 0 Å². The van der Waals surface area contributed by atoms with E-state index in [-0.39, 0.29) is 11.5 Å². The van der Waals surface area contributed by atoms with Crippen molar-refractivity contribution in [1.29, 1.82) is 0 Å². The standard InChI is InChI=1S/C14H18O/c1-14(2)10-12(14)13(15)9-8-11-6-4-3-5-7-11/h3-7,10,13,15H,8-9H2,1-2H3. The Labute approximate surface area is 91.4 Å². The van der Waals surface area contributed by atoms with Crippen LogP contribution in [-0.2, 0) is 6.42 Å². The van der Waals surface area contributed by atoms with Gasteiger partial charge in [0.05, 0.1) is 6.10 Å². The van der Waals surface area contributed by atoms with Gasteiger partial charge in [-0.05, 0) is 24.0 Å². The predicted molar refractivity (Wildman–Crippen MR) is 62.6 cm³/mol. The summed E-state index contributed by atoms with van der Waals surface area (Å²) in [5, 5.41) is 9.92. The van der Waals surface area contributed by atoms with Crippen molar-refractivity contribution in [2.75, 3.05) is 0 Å². The first-order valence-electron chi connectivity index (χ1n) is 5.55. The van der Waals surface area contributed by atoms with Crippen LogP contribution in [0.25, 0.3) is 0 Å². The smallest absolute Gasteiger partial charge is 0.0761 e. The predicted octanol–water partition coefficient (Wildman–Crippen LogP) is 2.95. The zero-order valence-corrected chi connectivity index (χ0v) is 9.40. The molecule has 0 heterocycles. The summed E-state index contributed by atoms with van der Waals surface area (Å²) in [5.74, 6) is 0. The minimum absolute atomic E-state index is 0.177. The first-order chi connectivity index (χ1) is 7.09. The van der Waals surface area contributed by atoms with Crippen molar-refractivity contribution in [3.05, 3.63) is 47.5 Å². The van der Waals surface area contributed by atoms with Crippen molar-refractivity contribution in [3.63, 3.8) is 0 Å². The molecule has 0 saturated carbocycles. The van der Waals surface area contributed by atoms with E-state index in [1.807, 2.05) is 18.2 Å². The summed E-state index contributed by atoms with van der Waals surface area (Å²) in [6, 6.07) is 10.3. The molecular weight excluding hydrogens is 184 g/mol. The van der Waals surface area contributed by atoms with Crippen molar-refractivity contribution in [3.8, 4) is 0 Å². The van der Waals surface area contributed by atoms with Gasteiger partial charge >= 0.3 is 0 Å². The van der Waals surface area contributed by atoms with Gasteiger partial charge in [0, 0.05) is 5.41 Å². The summed E-state index contributed by atoms with van der Waals surface area (Å²) < 4.78 is 0. The zero-order valence-electron chi connectivity index (χ0n) is 9.40. The molecule has 1 aliphatic carbocycles. The molecule has 1 atom stereocenters. The molecule has 0 bridgehead atoms. The molecular formula is C14H18O. The summed E-state index contributed by atoms with van der Waals surface area (Å²) in [4.78, 5) is 0. The zero-order chi connectivity index (χ0) is 10.9. The SMILES string of the molecule is CC1(C)C=C1C(O)CCc1ccccc1. The fourth-order valence-electron chi connectivity index (χ4n) is 1.98. The lowest BCUT2D eigenvalue weighted by Crippen LogP contribution is -2.10. The van der Waals surface area contributed by atoms with Crippen LogP contribution in [0.3, 0.4) is 0 Å². The quantitative estimate of drug-likeness (QED) is 0.744. The van der Waals surface area contributed by atoms with Crippen LogP contribution < -0.4 is 0 Å². The molecule has 0 radical (unpaired) electrons. The summed E-state index contributed by atoms with van der Waals surface area (Å²) in [7, 11) is 0. The Bertz CT molecular complexity index is 362. The Morgan fingerprint density at radius 3 is 2.33 bits per heavy atom. The number of hydrogen-bond acceptors (Lipinski definition) is 1. The van der Waals surface area contributed by atoms with Gasteiger partial charge < -0.3 is 5.11 Å². The Morgan fingerprint density at radius 1 is 1.20 bits per heavy atom. The maximum Gasteiger partial charge on any atom is 0.0761 e. The number of aliphatic hydroxyl groups excluding tert-OH is 1. The normalized spacial score (nSPS) is 19.5. The van der Waals surface area contributed by atoms with Crippen molar-refractivity contribution in [1.82, 2.24) is 0 Å². The third kappa shape index (κ3) is 2.48. The Morgan fingerprint density at radius 2 is 1.80 bits per heavy atom. The van der Waals surface area contributed by atoms with E-state index in [1.54, 1.807) is 0 Å². The highest BCUT2D eigenvalue weighted by atomic mass is 16.3. The first-order valence-corrected chi connectivity index (χ1v) is 5.55. The minimum Gasteiger partial charge on any atom is -0.389 e. The highest BCUT2D eigenvalue weighted by Gasteiger charge is 2.37. The second-order valence-electron chi connectivity index (χ2n) is 4.86. The lowest BCUT2D eigenvalue weighted by Gasteiger charge is -2.11. The second-order valence-corrected chi connectivity index (χ2v) is 4.86. The fraction of sp³-hybridized carbons (Fsp3) is 0.429. The van der Waals surface area contributed by atoms with Gasteiger partial charge in [-0.2, -0.15) is 0 Å². The first kappa shape index (κ1) is 10.4. The van der Waals surface area contributed by atoms with Crippen LogP contribution in [0.5, 0.6) is 0 Å². The summed E-state index contributed by atoms with van der Waals surface area (Å²) >= 11 is 0. The van der Waals surface area contributed by atoms with Crippen LogP contribution in [0.15, 0.2) is 42.0 Å². The molecule has 1 nitrogen and oxygen atoms in total. The Balaban J connectivity index is 1.82. The van der Waals surface area contributed by atoms with Gasteiger partial charge in [0.1, 0.15) is 0 Å². The topological polar surface area (TPSA) is 20.2 Å².